The molecule has 0 aromatic heterocycles. The number of nitrogens with one attached hydrogen (secondary N) is 1. The van der Waals surface area contributed by atoms with Gasteiger partial charge in [-0.15, -0.1) is 0 Å². The maximum atomic E-state index is 10.2. The van der Waals surface area contributed by atoms with Crippen LogP contribution in [-0.2, 0) is 11.3 Å². The number of hydrogen-bond acceptors (Lipinski definition) is 4. The van der Waals surface area contributed by atoms with Crippen LogP contribution in [0.5, 0.6) is 0 Å². The predicted molar refractivity (Wildman–Crippen MR) is 63.7 cm³/mol. The molecule has 0 aliphatic carbocycles. The Morgan fingerprint density at radius 2 is 2.31 bits per heavy atom. The quantitative estimate of drug-likeness (QED) is 0.225. The Hall–Kier alpha value is -1.79. The molecular formula is C9H12ClN5O. The molecule has 1 amide bonds. The molecule has 6 nitrogen and oxygen atoms in total. The van der Waals surface area contributed by atoms with E-state index in [1.165, 1.54) is 11.3 Å². The molecule has 0 bridgehead atoms. The zero-order chi connectivity index (χ0) is 12.0. The first-order valence-corrected chi connectivity index (χ1v) is 4.79. The molecule has 7 heteroatoms. The van der Waals surface area contributed by atoms with Crippen LogP contribution < -0.4 is 22.0 Å². The summed E-state index contributed by atoms with van der Waals surface area (Å²) < 4.78 is 0. The summed E-state index contributed by atoms with van der Waals surface area (Å²) in [5.41, 5.74) is 1.43. The zero-order valence-corrected chi connectivity index (χ0v) is 9.19. The fourth-order valence-corrected chi connectivity index (χ4v) is 1.43. The molecular weight excluding hydrogens is 230 g/mol. The van der Waals surface area contributed by atoms with E-state index < -0.39 is 0 Å². The molecule has 0 spiro atoms. The van der Waals surface area contributed by atoms with Crippen LogP contribution in [0, 0.1) is 0 Å². The van der Waals surface area contributed by atoms with Gasteiger partial charge in [0, 0.05) is 11.6 Å². The van der Waals surface area contributed by atoms with Crippen LogP contribution in [-0.4, -0.2) is 12.7 Å². The number of hydrazine groups is 1. The number of halogens is 1. The van der Waals surface area contributed by atoms with Crippen molar-refractivity contribution >= 4 is 30.0 Å². The van der Waals surface area contributed by atoms with Crippen LogP contribution in [0.2, 0.25) is 5.02 Å². The van der Waals surface area contributed by atoms with Gasteiger partial charge in [-0.05, 0) is 23.8 Å². The number of carbonyl (C=O) groups is 1. The van der Waals surface area contributed by atoms with Gasteiger partial charge in [0.25, 0.3) is 0 Å². The van der Waals surface area contributed by atoms with E-state index in [0.29, 0.717) is 23.7 Å². The van der Waals surface area contributed by atoms with E-state index in [0.717, 1.165) is 5.56 Å². The van der Waals surface area contributed by atoms with E-state index in [1.54, 1.807) is 18.2 Å². The molecule has 0 heterocycles. The lowest BCUT2D eigenvalue weighted by Crippen LogP contribution is -2.31. The highest BCUT2D eigenvalue weighted by molar-refractivity contribution is 6.30. The van der Waals surface area contributed by atoms with Crippen LogP contribution in [0.3, 0.4) is 0 Å². The molecule has 16 heavy (non-hydrogen) atoms. The van der Waals surface area contributed by atoms with Crippen molar-refractivity contribution in [1.82, 2.24) is 5.32 Å². The predicted octanol–water partition coefficient (Wildman–Crippen LogP) is 0.168. The maximum Gasteiger partial charge on any atom is 0.207 e. The summed E-state index contributed by atoms with van der Waals surface area (Å²) in [4.78, 5) is 10.2. The second kappa shape index (κ2) is 5.94. The smallest absolute Gasteiger partial charge is 0.207 e. The first-order valence-electron chi connectivity index (χ1n) is 4.41. The van der Waals surface area contributed by atoms with Crippen LogP contribution in [0.1, 0.15) is 5.56 Å². The van der Waals surface area contributed by atoms with Gasteiger partial charge in [-0.25, -0.2) is 5.84 Å². The Bertz CT molecular complexity index is 395. The molecule has 0 atom stereocenters. The Morgan fingerprint density at radius 3 is 2.94 bits per heavy atom. The summed E-state index contributed by atoms with van der Waals surface area (Å²) in [6.07, 6.45) is 1.86. The third kappa shape index (κ3) is 3.11. The summed E-state index contributed by atoms with van der Waals surface area (Å²) in [6.45, 7) is 0.325. The molecule has 1 aromatic rings. The number of carbonyl (C=O) groups excluding carboxylic acids is 1. The fraction of sp³-hybridized carbons (Fsp3) is 0.111. The van der Waals surface area contributed by atoms with Crippen molar-refractivity contribution < 1.29 is 4.79 Å². The Balaban J connectivity index is 3.01. The molecule has 0 saturated carbocycles. The van der Waals surface area contributed by atoms with Crippen LogP contribution in [0.25, 0.3) is 0 Å². The van der Waals surface area contributed by atoms with Gasteiger partial charge in [-0.2, -0.15) is 5.10 Å². The largest absolute Gasteiger partial charge is 0.355 e. The molecule has 1 aromatic carbocycles. The van der Waals surface area contributed by atoms with E-state index in [1.807, 2.05) is 0 Å². The van der Waals surface area contributed by atoms with Crippen LogP contribution in [0.15, 0.2) is 23.3 Å². The van der Waals surface area contributed by atoms with Gasteiger partial charge in [-0.1, -0.05) is 11.6 Å². The standard InChI is InChI=1S/C9H12ClN5O/c10-8-1-2-9(15(12)5-14-11)7(3-8)4-13-6-16/h1-3,5-6H,4,11-12H2,(H,13,16)/b14-5-. The lowest BCUT2D eigenvalue weighted by Gasteiger charge is -2.16. The Morgan fingerprint density at radius 1 is 1.56 bits per heavy atom. The van der Waals surface area contributed by atoms with E-state index in [9.17, 15) is 4.79 Å². The van der Waals surface area contributed by atoms with Crippen molar-refractivity contribution in [2.75, 3.05) is 5.01 Å². The minimum atomic E-state index is 0.325. The summed E-state index contributed by atoms with van der Waals surface area (Å²) in [5, 5.41) is 7.65. The number of benzene rings is 1. The topological polar surface area (TPSA) is 96.7 Å². The molecule has 86 valence electrons. The van der Waals surface area contributed by atoms with E-state index >= 15 is 0 Å². The molecule has 0 aliphatic heterocycles. The lowest BCUT2D eigenvalue weighted by molar-refractivity contribution is -0.109. The van der Waals surface area contributed by atoms with Gasteiger partial charge in [0.1, 0.15) is 6.34 Å². The first kappa shape index (κ1) is 12.3. The number of amides is 1. The van der Waals surface area contributed by atoms with E-state index in [2.05, 4.69) is 10.4 Å². The number of hydrazone groups is 1. The van der Waals surface area contributed by atoms with Gasteiger partial charge in [0.15, 0.2) is 0 Å². The zero-order valence-electron chi connectivity index (χ0n) is 8.43. The summed E-state index contributed by atoms with van der Waals surface area (Å²) in [5.74, 6) is 10.7. The Kier molecular flexibility index (Phi) is 4.56. The molecule has 0 aliphatic rings. The number of nitrogens with two attached hydrogens (primary N) is 2. The van der Waals surface area contributed by atoms with Gasteiger partial charge >= 0.3 is 0 Å². The highest BCUT2D eigenvalue weighted by Crippen LogP contribution is 2.22. The van der Waals surface area contributed by atoms with Crippen molar-refractivity contribution in [2.45, 2.75) is 6.54 Å². The molecule has 5 N–H and O–H groups in total. The number of hydrogen-bond donors (Lipinski definition) is 3. The second-order valence-corrected chi connectivity index (χ2v) is 3.38. The Labute approximate surface area is 97.8 Å². The van der Waals surface area contributed by atoms with Crippen molar-refractivity contribution in [3.63, 3.8) is 0 Å². The van der Waals surface area contributed by atoms with Gasteiger partial charge < -0.3 is 11.2 Å². The number of rotatable bonds is 5. The fourth-order valence-electron chi connectivity index (χ4n) is 1.23. The highest BCUT2D eigenvalue weighted by Gasteiger charge is 2.06. The number of anilines is 1. The highest BCUT2D eigenvalue weighted by atomic mass is 35.5. The third-order valence-electron chi connectivity index (χ3n) is 1.89. The van der Waals surface area contributed by atoms with Crippen molar-refractivity contribution in [3.05, 3.63) is 28.8 Å². The minimum Gasteiger partial charge on any atom is -0.355 e. The average molecular weight is 242 g/mol. The monoisotopic (exact) mass is 241 g/mol. The maximum absolute atomic E-state index is 10.2. The first-order chi connectivity index (χ1) is 7.69. The summed E-state index contributed by atoms with van der Waals surface area (Å²) in [7, 11) is 0. The molecule has 0 saturated heterocycles. The van der Waals surface area contributed by atoms with Crippen molar-refractivity contribution in [2.24, 2.45) is 16.8 Å². The number of nitrogens with zero attached hydrogens (tertiary/aromatic N) is 2. The van der Waals surface area contributed by atoms with Gasteiger partial charge in [-0.3, -0.25) is 9.80 Å². The van der Waals surface area contributed by atoms with Crippen molar-refractivity contribution in [1.29, 1.82) is 0 Å². The summed E-state index contributed by atoms with van der Waals surface area (Å²) >= 11 is 5.84. The third-order valence-corrected chi connectivity index (χ3v) is 2.12. The van der Waals surface area contributed by atoms with Crippen LogP contribution >= 0.6 is 11.6 Å². The molecule has 0 radical (unpaired) electrons. The van der Waals surface area contributed by atoms with E-state index in [4.69, 9.17) is 23.3 Å². The van der Waals surface area contributed by atoms with Crippen LogP contribution in [0.4, 0.5) is 5.69 Å². The molecule has 0 unspecified atom stereocenters. The lowest BCUT2D eigenvalue weighted by atomic mass is 10.1. The average Bonchev–Trinajstić information content (AvgIpc) is 2.26. The second-order valence-electron chi connectivity index (χ2n) is 2.94. The minimum absolute atomic E-state index is 0.325. The molecule has 0 fully saturated rings. The van der Waals surface area contributed by atoms with E-state index in [-0.39, 0.29) is 0 Å². The molecule has 1 rings (SSSR count). The summed E-state index contributed by atoms with van der Waals surface area (Å²) in [6, 6.07) is 5.11. The van der Waals surface area contributed by atoms with Gasteiger partial charge in [0.05, 0.1) is 5.69 Å². The SMILES string of the molecule is N/N=C\N(N)c1ccc(Cl)cc1CNC=O. The van der Waals surface area contributed by atoms with Gasteiger partial charge in [0.2, 0.25) is 6.41 Å². The van der Waals surface area contributed by atoms with Crippen molar-refractivity contribution in [3.8, 4) is 0 Å². The normalized spacial score (nSPS) is 10.4.